The van der Waals surface area contributed by atoms with Gasteiger partial charge in [-0.25, -0.2) is 0 Å². The van der Waals surface area contributed by atoms with Gasteiger partial charge in [0.1, 0.15) is 0 Å². The van der Waals surface area contributed by atoms with Crippen molar-refractivity contribution >= 4 is 0 Å². The quantitative estimate of drug-likeness (QED) is 0.641. The first-order chi connectivity index (χ1) is 10.5. The average Bonchev–Trinajstić information content (AvgIpc) is 2.73. The van der Waals surface area contributed by atoms with Gasteiger partial charge in [-0.3, -0.25) is 0 Å². The maximum Gasteiger partial charge on any atom is 0.0939 e. The molecule has 4 saturated carbocycles. The second kappa shape index (κ2) is 4.34. The highest BCUT2D eigenvalue weighted by Gasteiger charge is 2.73. The summed E-state index contributed by atoms with van der Waals surface area (Å²) < 4.78 is 0. The van der Waals surface area contributed by atoms with Crippen LogP contribution < -0.4 is 0 Å². The van der Waals surface area contributed by atoms with Crippen LogP contribution in [0.4, 0.5) is 0 Å². The molecule has 132 valence electrons. The first kappa shape index (κ1) is 16.4. The van der Waals surface area contributed by atoms with Crippen LogP contribution in [0.1, 0.15) is 79.1 Å². The molecular formula is C20H34O3. The first-order valence-electron chi connectivity index (χ1n) is 9.61. The smallest absolute Gasteiger partial charge is 0.0939 e. The number of fused-ring (bicyclic) bond motifs is 2. The summed E-state index contributed by atoms with van der Waals surface area (Å²) in [7, 11) is 0. The van der Waals surface area contributed by atoms with E-state index in [1.54, 1.807) is 0 Å². The van der Waals surface area contributed by atoms with Crippen LogP contribution in [-0.4, -0.2) is 32.6 Å². The van der Waals surface area contributed by atoms with Crippen molar-refractivity contribution in [3.05, 3.63) is 0 Å². The monoisotopic (exact) mass is 322 g/mol. The molecule has 4 aliphatic rings. The Hall–Kier alpha value is -0.120. The number of hydrogen-bond acceptors (Lipinski definition) is 3. The van der Waals surface area contributed by atoms with Crippen molar-refractivity contribution in [1.29, 1.82) is 0 Å². The van der Waals surface area contributed by atoms with Gasteiger partial charge in [0, 0.05) is 0 Å². The Morgan fingerprint density at radius 3 is 2.26 bits per heavy atom. The van der Waals surface area contributed by atoms with Crippen LogP contribution >= 0.6 is 0 Å². The lowest BCUT2D eigenvalue weighted by molar-refractivity contribution is -0.220. The summed E-state index contributed by atoms with van der Waals surface area (Å²) in [6.07, 6.45) is 7.32. The molecule has 4 aliphatic carbocycles. The number of rotatable bonds is 0. The SMILES string of the molecule is CC1(C)C2CC[C@H]3C[C@@]4(O)C[C@@]3(CC[C@]4(C)O)[C@@]2(C)CC[C@@H]1O. The number of hydrogen-bond donors (Lipinski definition) is 3. The minimum absolute atomic E-state index is 0.0482. The summed E-state index contributed by atoms with van der Waals surface area (Å²) in [6, 6.07) is 0. The van der Waals surface area contributed by atoms with Gasteiger partial charge in [0.05, 0.1) is 17.3 Å². The van der Waals surface area contributed by atoms with E-state index in [0.29, 0.717) is 18.3 Å². The minimum atomic E-state index is -0.939. The van der Waals surface area contributed by atoms with Gasteiger partial charge in [-0.1, -0.05) is 20.8 Å². The van der Waals surface area contributed by atoms with E-state index in [1.165, 1.54) is 0 Å². The molecule has 0 saturated heterocycles. The van der Waals surface area contributed by atoms with Crippen LogP contribution in [0.5, 0.6) is 0 Å². The molecule has 3 nitrogen and oxygen atoms in total. The van der Waals surface area contributed by atoms with Gasteiger partial charge < -0.3 is 15.3 Å². The maximum atomic E-state index is 11.3. The maximum absolute atomic E-state index is 11.3. The molecule has 4 fully saturated rings. The van der Waals surface area contributed by atoms with E-state index in [0.717, 1.165) is 44.9 Å². The lowest BCUT2D eigenvalue weighted by Crippen LogP contribution is -2.63. The molecule has 23 heavy (non-hydrogen) atoms. The Labute approximate surface area is 140 Å². The molecule has 1 unspecified atom stereocenters. The topological polar surface area (TPSA) is 60.7 Å². The van der Waals surface area contributed by atoms with Crippen LogP contribution in [0.25, 0.3) is 0 Å². The fourth-order valence-corrected chi connectivity index (χ4v) is 7.77. The largest absolute Gasteiger partial charge is 0.393 e. The summed E-state index contributed by atoms with van der Waals surface area (Å²) in [6.45, 7) is 8.78. The van der Waals surface area contributed by atoms with E-state index in [9.17, 15) is 15.3 Å². The van der Waals surface area contributed by atoms with E-state index >= 15 is 0 Å². The standard InChI is InChI=1S/C20H34O3/c1-16(2)14-6-5-13-11-20(23)12-19(13,10-9-18(20,4)22)17(14,3)8-7-15(16)21/h13-15,21-23H,5-12H2,1-4H3/t13-,14?,15-,17-,18-,19+,20+/m0/s1. The third-order valence-electron chi connectivity index (χ3n) is 9.44. The van der Waals surface area contributed by atoms with Crippen LogP contribution in [0.3, 0.4) is 0 Å². The van der Waals surface area contributed by atoms with Gasteiger partial charge in [0.15, 0.2) is 0 Å². The molecule has 4 rings (SSSR count). The molecule has 0 aromatic heterocycles. The molecule has 7 atom stereocenters. The van der Waals surface area contributed by atoms with Crippen LogP contribution in [-0.2, 0) is 0 Å². The van der Waals surface area contributed by atoms with E-state index in [4.69, 9.17) is 0 Å². The fraction of sp³-hybridized carbons (Fsp3) is 1.00. The van der Waals surface area contributed by atoms with Crippen molar-refractivity contribution in [3.8, 4) is 0 Å². The zero-order valence-corrected chi connectivity index (χ0v) is 15.2. The van der Waals surface area contributed by atoms with E-state index in [1.807, 2.05) is 6.92 Å². The van der Waals surface area contributed by atoms with Gasteiger partial charge in [0.25, 0.3) is 0 Å². The van der Waals surface area contributed by atoms with E-state index in [-0.39, 0.29) is 22.3 Å². The molecule has 2 bridgehead atoms. The minimum Gasteiger partial charge on any atom is -0.393 e. The zero-order chi connectivity index (χ0) is 16.9. The Balaban J connectivity index is 1.80. The van der Waals surface area contributed by atoms with Crippen molar-refractivity contribution in [3.63, 3.8) is 0 Å². The third-order valence-corrected chi connectivity index (χ3v) is 9.44. The summed E-state index contributed by atoms with van der Waals surface area (Å²) in [5.41, 5.74) is -1.56. The van der Waals surface area contributed by atoms with E-state index in [2.05, 4.69) is 20.8 Å². The van der Waals surface area contributed by atoms with Gasteiger partial charge in [-0.2, -0.15) is 0 Å². The predicted octanol–water partition coefficient (Wildman–Crippen LogP) is 3.26. The summed E-state index contributed by atoms with van der Waals surface area (Å²) in [5.74, 6) is 1.05. The van der Waals surface area contributed by atoms with Crippen molar-refractivity contribution in [2.24, 2.45) is 28.1 Å². The van der Waals surface area contributed by atoms with Crippen molar-refractivity contribution in [1.82, 2.24) is 0 Å². The summed E-state index contributed by atoms with van der Waals surface area (Å²) in [4.78, 5) is 0. The molecular weight excluding hydrogens is 288 g/mol. The van der Waals surface area contributed by atoms with Crippen LogP contribution in [0.2, 0.25) is 0 Å². The fourth-order valence-electron chi connectivity index (χ4n) is 7.77. The number of aliphatic hydroxyl groups excluding tert-OH is 1. The Morgan fingerprint density at radius 1 is 0.870 bits per heavy atom. The van der Waals surface area contributed by atoms with E-state index < -0.39 is 11.2 Å². The Morgan fingerprint density at radius 2 is 1.57 bits per heavy atom. The van der Waals surface area contributed by atoms with Gasteiger partial charge >= 0.3 is 0 Å². The molecule has 0 aromatic rings. The summed E-state index contributed by atoms with van der Waals surface area (Å²) >= 11 is 0. The second-order valence-corrected chi connectivity index (χ2v) is 10.5. The van der Waals surface area contributed by atoms with Crippen molar-refractivity contribution in [2.45, 2.75) is 96.4 Å². The number of aliphatic hydroxyl groups is 3. The highest BCUT2D eigenvalue weighted by atomic mass is 16.4. The van der Waals surface area contributed by atoms with Gasteiger partial charge in [-0.15, -0.1) is 0 Å². The lowest BCUT2D eigenvalue weighted by Gasteiger charge is -2.66. The zero-order valence-electron chi connectivity index (χ0n) is 15.2. The molecule has 0 aromatic carbocycles. The highest BCUT2D eigenvalue weighted by molar-refractivity contribution is 5.23. The highest BCUT2D eigenvalue weighted by Crippen LogP contribution is 2.75. The van der Waals surface area contributed by atoms with Gasteiger partial charge in [0.2, 0.25) is 0 Å². The second-order valence-electron chi connectivity index (χ2n) is 10.5. The predicted molar refractivity (Wildman–Crippen MR) is 89.8 cm³/mol. The van der Waals surface area contributed by atoms with Crippen LogP contribution in [0.15, 0.2) is 0 Å². The molecule has 0 aliphatic heterocycles. The van der Waals surface area contributed by atoms with Gasteiger partial charge in [-0.05, 0) is 86.4 Å². The average molecular weight is 322 g/mol. The molecule has 0 amide bonds. The molecule has 3 N–H and O–H groups in total. The van der Waals surface area contributed by atoms with Crippen molar-refractivity contribution in [2.75, 3.05) is 0 Å². The lowest BCUT2D eigenvalue weighted by atomic mass is 9.39. The third kappa shape index (κ3) is 1.72. The molecule has 0 heterocycles. The van der Waals surface area contributed by atoms with Crippen LogP contribution in [0, 0.1) is 28.1 Å². The molecule has 3 heteroatoms. The van der Waals surface area contributed by atoms with Crippen molar-refractivity contribution < 1.29 is 15.3 Å². The normalized spacial score (nSPS) is 60.9. The Kier molecular flexibility index (Phi) is 3.09. The first-order valence-corrected chi connectivity index (χ1v) is 9.61. The summed E-state index contributed by atoms with van der Waals surface area (Å²) in [5, 5.41) is 32.7. The molecule has 1 spiro atoms. The Bertz CT molecular complexity index is 527. The molecule has 0 radical (unpaired) electrons.